The third-order valence-electron chi connectivity index (χ3n) is 2.42. The summed E-state index contributed by atoms with van der Waals surface area (Å²) in [6.45, 7) is 2.34. The van der Waals surface area contributed by atoms with Crippen molar-refractivity contribution >= 4 is 5.91 Å². The number of carbonyl (C=O) groups is 1. The molecule has 0 radical (unpaired) electrons. The van der Waals surface area contributed by atoms with Gasteiger partial charge in [-0.25, -0.2) is 0 Å². The number of methoxy groups -OCH3 is 1. The van der Waals surface area contributed by atoms with Crippen molar-refractivity contribution in [3.05, 3.63) is 0 Å². The van der Waals surface area contributed by atoms with Crippen molar-refractivity contribution in [2.24, 2.45) is 0 Å². The highest BCUT2D eigenvalue weighted by molar-refractivity contribution is 5.81. The van der Waals surface area contributed by atoms with E-state index in [1.165, 1.54) is 12.0 Å². The van der Waals surface area contributed by atoms with Crippen LogP contribution in [0.3, 0.4) is 0 Å². The normalized spacial score (nSPS) is 22.8. The van der Waals surface area contributed by atoms with Crippen LogP contribution in [0.1, 0.15) is 0 Å². The lowest BCUT2D eigenvalue weighted by Gasteiger charge is -2.28. The molecule has 0 spiro atoms. The van der Waals surface area contributed by atoms with Gasteiger partial charge < -0.3 is 24.8 Å². The van der Waals surface area contributed by atoms with Gasteiger partial charge in [-0.15, -0.1) is 0 Å². The lowest BCUT2D eigenvalue weighted by atomic mass is 10.2. The summed E-state index contributed by atoms with van der Waals surface area (Å²) in [5, 5.41) is 12.6. The molecule has 0 bridgehead atoms. The zero-order valence-corrected chi connectivity index (χ0v) is 9.81. The smallest absolute Gasteiger partial charge is 0.252 e. The first kappa shape index (κ1) is 13.4. The zero-order chi connectivity index (χ0) is 12.0. The Morgan fingerprint density at radius 3 is 3.06 bits per heavy atom. The van der Waals surface area contributed by atoms with Gasteiger partial charge in [0.1, 0.15) is 6.10 Å². The number of aliphatic hydroxyl groups excluding tert-OH is 1. The number of morpholine rings is 1. The number of ether oxygens (including phenoxy) is 2. The Kier molecular flexibility index (Phi) is 5.68. The Balaban J connectivity index is 2.34. The van der Waals surface area contributed by atoms with E-state index in [-0.39, 0.29) is 19.1 Å². The number of rotatable bonds is 5. The monoisotopic (exact) mass is 232 g/mol. The standard InChI is InChI=1S/C10H20N2O4/c1-12(6-8(13)7-15-2)10(14)9-5-11-3-4-16-9/h8-9,11,13H,3-7H2,1-2H3. The van der Waals surface area contributed by atoms with Gasteiger partial charge in [0.05, 0.1) is 19.3 Å². The highest BCUT2D eigenvalue weighted by Crippen LogP contribution is 2.02. The van der Waals surface area contributed by atoms with Crippen molar-refractivity contribution in [3.63, 3.8) is 0 Å². The van der Waals surface area contributed by atoms with E-state index >= 15 is 0 Å². The molecular formula is C10H20N2O4. The van der Waals surface area contributed by atoms with Gasteiger partial charge >= 0.3 is 0 Å². The first-order valence-electron chi connectivity index (χ1n) is 5.39. The molecule has 94 valence electrons. The number of hydrogen-bond acceptors (Lipinski definition) is 5. The third kappa shape index (κ3) is 4.05. The van der Waals surface area contributed by atoms with E-state index in [9.17, 15) is 9.90 Å². The summed E-state index contributed by atoms with van der Waals surface area (Å²) in [5.74, 6) is -0.109. The minimum Gasteiger partial charge on any atom is -0.389 e. The van der Waals surface area contributed by atoms with Crippen molar-refractivity contribution < 1.29 is 19.4 Å². The van der Waals surface area contributed by atoms with Crippen LogP contribution < -0.4 is 5.32 Å². The molecule has 2 atom stereocenters. The minimum atomic E-state index is -0.657. The molecular weight excluding hydrogens is 212 g/mol. The summed E-state index contributed by atoms with van der Waals surface area (Å²) in [6, 6.07) is 0. The molecule has 0 aromatic heterocycles. The van der Waals surface area contributed by atoms with E-state index in [1.54, 1.807) is 7.05 Å². The van der Waals surface area contributed by atoms with Gasteiger partial charge in [-0.3, -0.25) is 4.79 Å². The number of carbonyl (C=O) groups excluding carboxylic acids is 1. The van der Waals surface area contributed by atoms with Gasteiger partial charge in [0.15, 0.2) is 0 Å². The molecule has 6 heteroatoms. The Morgan fingerprint density at radius 1 is 1.75 bits per heavy atom. The number of likely N-dealkylation sites (N-methyl/N-ethyl adjacent to an activating group) is 1. The second-order valence-corrected chi connectivity index (χ2v) is 3.89. The molecule has 1 fully saturated rings. The van der Waals surface area contributed by atoms with Crippen LogP contribution in [0.25, 0.3) is 0 Å². The molecule has 2 unspecified atom stereocenters. The van der Waals surface area contributed by atoms with Gasteiger partial charge in [-0.05, 0) is 0 Å². The zero-order valence-electron chi connectivity index (χ0n) is 9.81. The molecule has 1 amide bonds. The Hall–Kier alpha value is -0.690. The molecule has 1 rings (SSSR count). The quantitative estimate of drug-likeness (QED) is 0.600. The molecule has 6 nitrogen and oxygen atoms in total. The van der Waals surface area contributed by atoms with Gasteiger partial charge in [0.2, 0.25) is 0 Å². The SMILES string of the molecule is COCC(O)CN(C)C(=O)C1CNCCO1. The molecule has 16 heavy (non-hydrogen) atoms. The lowest BCUT2D eigenvalue weighted by molar-refractivity contribution is -0.145. The van der Waals surface area contributed by atoms with Gasteiger partial charge in [-0.1, -0.05) is 0 Å². The highest BCUT2D eigenvalue weighted by atomic mass is 16.5. The van der Waals surface area contributed by atoms with Crippen LogP contribution in [0.15, 0.2) is 0 Å². The number of nitrogens with zero attached hydrogens (tertiary/aromatic N) is 1. The number of aliphatic hydroxyl groups is 1. The van der Waals surface area contributed by atoms with Crippen molar-refractivity contribution in [2.45, 2.75) is 12.2 Å². The summed E-state index contributed by atoms with van der Waals surface area (Å²) in [5.41, 5.74) is 0. The molecule has 0 aliphatic carbocycles. The maximum Gasteiger partial charge on any atom is 0.252 e. The first-order valence-corrected chi connectivity index (χ1v) is 5.39. The largest absolute Gasteiger partial charge is 0.389 e. The predicted octanol–water partition coefficient (Wildman–Crippen LogP) is -1.56. The predicted molar refractivity (Wildman–Crippen MR) is 58.1 cm³/mol. The molecule has 0 saturated carbocycles. The fourth-order valence-corrected chi connectivity index (χ4v) is 1.62. The van der Waals surface area contributed by atoms with Crippen LogP contribution in [0.4, 0.5) is 0 Å². The Labute approximate surface area is 95.5 Å². The topological polar surface area (TPSA) is 71.0 Å². The second kappa shape index (κ2) is 6.80. The summed E-state index contributed by atoms with van der Waals surface area (Å²) in [6.07, 6.45) is -1.09. The maximum atomic E-state index is 11.8. The summed E-state index contributed by atoms with van der Waals surface area (Å²) in [7, 11) is 3.17. The van der Waals surface area contributed by atoms with Crippen LogP contribution in [0.5, 0.6) is 0 Å². The average Bonchev–Trinajstić information content (AvgIpc) is 2.29. The van der Waals surface area contributed by atoms with Crippen molar-refractivity contribution in [1.29, 1.82) is 0 Å². The highest BCUT2D eigenvalue weighted by Gasteiger charge is 2.25. The lowest BCUT2D eigenvalue weighted by Crippen LogP contribution is -2.50. The third-order valence-corrected chi connectivity index (χ3v) is 2.42. The van der Waals surface area contributed by atoms with E-state index in [2.05, 4.69) is 5.32 Å². The first-order chi connectivity index (χ1) is 7.65. The molecule has 1 heterocycles. The van der Waals surface area contributed by atoms with Crippen molar-refractivity contribution in [1.82, 2.24) is 10.2 Å². The Bertz CT molecular complexity index is 219. The van der Waals surface area contributed by atoms with E-state index in [1.807, 2.05) is 0 Å². The average molecular weight is 232 g/mol. The Morgan fingerprint density at radius 2 is 2.50 bits per heavy atom. The molecule has 1 aliphatic heterocycles. The van der Waals surface area contributed by atoms with E-state index in [0.717, 1.165) is 6.54 Å². The van der Waals surface area contributed by atoms with Crippen LogP contribution in [0, 0.1) is 0 Å². The maximum absolute atomic E-state index is 11.8. The fraction of sp³-hybridized carbons (Fsp3) is 0.900. The fourth-order valence-electron chi connectivity index (χ4n) is 1.62. The molecule has 1 aliphatic rings. The molecule has 1 saturated heterocycles. The number of hydrogen-bond donors (Lipinski definition) is 2. The van der Waals surface area contributed by atoms with Crippen molar-refractivity contribution in [3.8, 4) is 0 Å². The summed E-state index contributed by atoms with van der Waals surface area (Å²) in [4.78, 5) is 13.3. The van der Waals surface area contributed by atoms with E-state index < -0.39 is 12.2 Å². The van der Waals surface area contributed by atoms with E-state index in [4.69, 9.17) is 9.47 Å². The van der Waals surface area contributed by atoms with E-state index in [0.29, 0.717) is 13.2 Å². The second-order valence-electron chi connectivity index (χ2n) is 3.89. The van der Waals surface area contributed by atoms with Gasteiger partial charge in [-0.2, -0.15) is 0 Å². The number of amides is 1. The van der Waals surface area contributed by atoms with Crippen LogP contribution in [-0.4, -0.2) is 75.1 Å². The molecule has 0 aromatic carbocycles. The summed E-state index contributed by atoms with van der Waals surface area (Å²) < 4.78 is 10.1. The van der Waals surface area contributed by atoms with Crippen LogP contribution >= 0.6 is 0 Å². The molecule has 2 N–H and O–H groups in total. The van der Waals surface area contributed by atoms with Crippen molar-refractivity contribution in [2.75, 3.05) is 47.0 Å². The minimum absolute atomic E-state index is 0.109. The molecule has 0 aromatic rings. The number of nitrogens with one attached hydrogen (secondary N) is 1. The van der Waals surface area contributed by atoms with Gasteiger partial charge in [0, 0.05) is 33.8 Å². The van der Waals surface area contributed by atoms with Gasteiger partial charge in [0.25, 0.3) is 5.91 Å². The summed E-state index contributed by atoms with van der Waals surface area (Å²) >= 11 is 0. The van der Waals surface area contributed by atoms with Crippen LogP contribution in [-0.2, 0) is 14.3 Å². The van der Waals surface area contributed by atoms with Crippen LogP contribution in [0.2, 0.25) is 0 Å².